The maximum absolute atomic E-state index is 10.9. The summed E-state index contributed by atoms with van der Waals surface area (Å²) in [7, 11) is 2.55. The second kappa shape index (κ2) is 5.53. The molecule has 0 aliphatic heterocycles. The summed E-state index contributed by atoms with van der Waals surface area (Å²) in [6.45, 7) is 1.65. The Kier molecular flexibility index (Phi) is 5.06. The second-order valence-electron chi connectivity index (χ2n) is 2.79. The van der Waals surface area contributed by atoms with Gasteiger partial charge in [-0.2, -0.15) is 0 Å². The predicted octanol–water partition coefficient (Wildman–Crippen LogP) is -0.314. The van der Waals surface area contributed by atoms with Gasteiger partial charge in [-0.1, -0.05) is 6.92 Å². The van der Waals surface area contributed by atoms with Crippen LogP contribution in [-0.4, -0.2) is 32.2 Å². The molecule has 13 heavy (non-hydrogen) atoms. The first kappa shape index (κ1) is 11.9. The molecule has 2 atom stereocenters. The molecule has 0 rings (SSSR count). The van der Waals surface area contributed by atoms with Gasteiger partial charge in [0.25, 0.3) is 0 Å². The van der Waals surface area contributed by atoms with Crippen molar-refractivity contribution in [3.8, 4) is 0 Å². The Balaban J connectivity index is 3.98. The van der Waals surface area contributed by atoms with Gasteiger partial charge in [0.05, 0.1) is 20.1 Å². The number of carbonyl (C=O) groups is 2. The van der Waals surface area contributed by atoms with Crippen molar-refractivity contribution < 1.29 is 19.1 Å². The highest BCUT2D eigenvalue weighted by Crippen LogP contribution is 2.07. The normalized spacial score (nSPS) is 14.5. The van der Waals surface area contributed by atoms with Gasteiger partial charge >= 0.3 is 11.9 Å². The summed E-state index contributed by atoms with van der Waals surface area (Å²) in [5.74, 6) is -1.28. The van der Waals surface area contributed by atoms with Crippen molar-refractivity contribution in [2.75, 3.05) is 14.2 Å². The van der Waals surface area contributed by atoms with Crippen LogP contribution in [0.25, 0.3) is 0 Å². The van der Waals surface area contributed by atoms with E-state index in [0.29, 0.717) is 0 Å². The minimum Gasteiger partial charge on any atom is -0.469 e. The van der Waals surface area contributed by atoms with Crippen molar-refractivity contribution in [1.29, 1.82) is 0 Å². The second-order valence-corrected chi connectivity index (χ2v) is 2.79. The van der Waals surface area contributed by atoms with Crippen LogP contribution in [0, 0.1) is 5.92 Å². The Morgan fingerprint density at radius 3 is 2.08 bits per heavy atom. The molecule has 0 aromatic carbocycles. The first-order valence-electron chi connectivity index (χ1n) is 3.94. The highest BCUT2D eigenvalue weighted by Gasteiger charge is 2.21. The minimum absolute atomic E-state index is 0.235. The van der Waals surface area contributed by atoms with Gasteiger partial charge in [0, 0.05) is 0 Å². The van der Waals surface area contributed by atoms with Crippen molar-refractivity contribution in [1.82, 2.24) is 0 Å². The van der Waals surface area contributed by atoms with Crippen LogP contribution in [0.5, 0.6) is 0 Å². The highest BCUT2D eigenvalue weighted by atomic mass is 16.5. The van der Waals surface area contributed by atoms with Gasteiger partial charge in [-0.25, -0.2) is 0 Å². The molecule has 2 N–H and O–H groups in total. The molecule has 0 unspecified atom stereocenters. The Labute approximate surface area is 77.2 Å². The van der Waals surface area contributed by atoms with E-state index >= 15 is 0 Å². The lowest BCUT2D eigenvalue weighted by Crippen LogP contribution is -2.35. The Morgan fingerprint density at radius 2 is 1.69 bits per heavy atom. The van der Waals surface area contributed by atoms with Gasteiger partial charge in [-0.05, 0) is 6.42 Å². The number of esters is 2. The predicted molar refractivity (Wildman–Crippen MR) is 45.8 cm³/mol. The molecule has 0 heterocycles. The SMILES string of the molecule is COC(=O)[C@H](N)C[C@H](C)C(=O)OC. The Morgan fingerprint density at radius 1 is 1.23 bits per heavy atom. The maximum Gasteiger partial charge on any atom is 0.322 e. The topological polar surface area (TPSA) is 78.6 Å². The summed E-state index contributed by atoms with van der Waals surface area (Å²) >= 11 is 0. The molecule has 0 aromatic rings. The number of methoxy groups -OCH3 is 2. The van der Waals surface area contributed by atoms with Crippen LogP contribution in [0.4, 0.5) is 0 Å². The molecule has 0 amide bonds. The molecule has 0 bridgehead atoms. The zero-order valence-corrected chi connectivity index (χ0v) is 8.07. The monoisotopic (exact) mass is 189 g/mol. The van der Waals surface area contributed by atoms with Gasteiger partial charge in [-0.15, -0.1) is 0 Å². The van der Waals surface area contributed by atoms with Gasteiger partial charge < -0.3 is 15.2 Å². The van der Waals surface area contributed by atoms with E-state index in [-0.39, 0.29) is 18.3 Å². The van der Waals surface area contributed by atoms with E-state index in [1.807, 2.05) is 0 Å². The molecule has 76 valence electrons. The molecule has 0 aliphatic rings. The number of hydrogen-bond acceptors (Lipinski definition) is 5. The average molecular weight is 189 g/mol. The van der Waals surface area contributed by atoms with Gasteiger partial charge in [0.1, 0.15) is 6.04 Å². The summed E-state index contributed by atoms with van der Waals surface area (Å²) in [6.07, 6.45) is 0.235. The van der Waals surface area contributed by atoms with Gasteiger partial charge in [0.2, 0.25) is 0 Å². The number of hydrogen-bond donors (Lipinski definition) is 1. The standard InChI is InChI=1S/C8H15NO4/c1-5(7(10)12-2)4-6(9)8(11)13-3/h5-6H,4,9H2,1-3H3/t5-,6+/m0/s1. The zero-order valence-electron chi connectivity index (χ0n) is 8.07. The van der Waals surface area contributed by atoms with Crippen molar-refractivity contribution in [2.24, 2.45) is 11.7 Å². The van der Waals surface area contributed by atoms with Crippen LogP contribution in [0.15, 0.2) is 0 Å². The van der Waals surface area contributed by atoms with Crippen molar-refractivity contribution in [2.45, 2.75) is 19.4 Å². The lowest BCUT2D eigenvalue weighted by atomic mass is 10.0. The molecule has 0 radical (unpaired) electrons. The van der Waals surface area contributed by atoms with E-state index in [4.69, 9.17) is 5.73 Å². The molecule has 0 aromatic heterocycles. The van der Waals surface area contributed by atoms with E-state index in [1.54, 1.807) is 6.92 Å². The molecule has 5 heteroatoms. The quantitative estimate of drug-likeness (QED) is 0.613. The fourth-order valence-corrected chi connectivity index (χ4v) is 0.926. The summed E-state index contributed by atoms with van der Waals surface area (Å²) < 4.78 is 8.89. The van der Waals surface area contributed by atoms with Crippen LogP contribution >= 0.6 is 0 Å². The van der Waals surface area contributed by atoms with Gasteiger partial charge in [0.15, 0.2) is 0 Å². The fraction of sp³-hybridized carbons (Fsp3) is 0.750. The molecule has 0 saturated heterocycles. The van der Waals surface area contributed by atoms with E-state index in [9.17, 15) is 9.59 Å². The van der Waals surface area contributed by atoms with Crippen LogP contribution < -0.4 is 5.73 Å². The highest BCUT2D eigenvalue weighted by molar-refractivity contribution is 5.77. The van der Waals surface area contributed by atoms with Crippen LogP contribution in [0.3, 0.4) is 0 Å². The first-order chi connectivity index (χ1) is 6.02. The fourth-order valence-electron chi connectivity index (χ4n) is 0.926. The summed E-state index contributed by atoms with van der Waals surface area (Å²) in [6, 6.07) is -0.765. The zero-order chi connectivity index (χ0) is 10.4. The minimum atomic E-state index is -0.765. The Hall–Kier alpha value is -1.10. The third kappa shape index (κ3) is 3.89. The molecule has 0 saturated carbocycles. The van der Waals surface area contributed by atoms with E-state index in [2.05, 4.69) is 9.47 Å². The van der Waals surface area contributed by atoms with E-state index < -0.39 is 12.0 Å². The van der Waals surface area contributed by atoms with Crippen LogP contribution in [0.1, 0.15) is 13.3 Å². The van der Waals surface area contributed by atoms with Crippen molar-refractivity contribution >= 4 is 11.9 Å². The molecule has 0 fully saturated rings. The van der Waals surface area contributed by atoms with Crippen LogP contribution in [0.2, 0.25) is 0 Å². The maximum atomic E-state index is 10.9. The number of ether oxygens (including phenoxy) is 2. The third-order valence-corrected chi connectivity index (χ3v) is 1.71. The molecular formula is C8H15NO4. The summed E-state index contributed by atoms with van der Waals surface area (Å²) in [4.78, 5) is 21.8. The molecule has 5 nitrogen and oxygen atoms in total. The largest absolute Gasteiger partial charge is 0.469 e. The van der Waals surface area contributed by atoms with Gasteiger partial charge in [-0.3, -0.25) is 9.59 Å². The average Bonchev–Trinajstić information content (AvgIpc) is 2.14. The van der Waals surface area contributed by atoms with Crippen molar-refractivity contribution in [3.63, 3.8) is 0 Å². The molecular weight excluding hydrogens is 174 g/mol. The third-order valence-electron chi connectivity index (χ3n) is 1.71. The molecule has 0 spiro atoms. The summed E-state index contributed by atoms with van der Waals surface area (Å²) in [5, 5.41) is 0. The molecule has 0 aliphatic carbocycles. The van der Waals surface area contributed by atoms with E-state index in [1.165, 1.54) is 14.2 Å². The number of carbonyl (C=O) groups excluding carboxylic acids is 2. The Bertz CT molecular complexity index is 173. The van der Waals surface area contributed by atoms with Crippen LogP contribution in [-0.2, 0) is 19.1 Å². The lowest BCUT2D eigenvalue weighted by molar-refractivity contribution is -0.146. The van der Waals surface area contributed by atoms with E-state index in [0.717, 1.165) is 0 Å². The lowest BCUT2D eigenvalue weighted by Gasteiger charge is -2.13. The first-order valence-corrected chi connectivity index (χ1v) is 3.94. The number of nitrogens with two attached hydrogens (primary N) is 1. The smallest absolute Gasteiger partial charge is 0.322 e. The van der Waals surface area contributed by atoms with Crippen molar-refractivity contribution in [3.05, 3.63) is 0 Å². The summed E-state index contributed by atoms with van der Waals surface area (Å²) in [5.41, 5.74) is 5.44. The number of rotatable bonds is 4.